The van der Waals surface area contributed by atoms with Crippen LogP contribution in [-0.4, -0.2) is 27.2 Å². The average molecular weight is 355 g/mol. The number of H-pyrrole nitrogens is 1. The van der Waals surface area contributed by atoms with Crippen LogP contribution in [0.5, 0.6) is 11.5 Å². The Hall–Kier alpha value is -3.46. The lowest BCUT2D eigenvalue weighted by atomic mass is 10.1. The van der Waals surface area contributed by atoms with Crippen molar-refractivity contribution >= 4 is 5.69 Å². The van der Waals surface area contributed by atoms with Gasteiger partial charge in [0, 0.05) is 12.1 Å². The summed E-state index contributed by atoms with van der Waals surface area (Å²) in [5.41, 5.74) is 7.04. The number of aromatic nitrogens is 3. The Morgan fingerprint density at radius 1 is 1.15 bits per heavy atom. The molecule has 9 nitrogen and oxygen atoms in total. The molecule has 9 heteroatoms. The highest BCUT2D eigenvalue weighted by molar-refractivity contribution is 5.36. The summed E-state index contributed by atoms with van der Waals surface area (Å²) in [6.45, 7) is 0.139. The Kier molecular flexibility index (Phi) is 5.09. The maximum atomic E-state index is 10.6. The quantitative estimate of drug-likeness (QED) is 0.491. The van der Waals surface area contributed by atoms with E-state index < -0.39 is 11.0 Å². The third-order valence-corrected chi connectivity index (χ3v) is 3.73. The van der Waals surface area contributed by atoms with Crippen molar-refractivity contribution in [1.82, 2.24) is 15.2 Å². The van der Waals surface area contributed by atoms with E-state index in [2.05, 4.69) is 15.2 Å². The van der Waals surface area contributed by atoms with Crippen LogP contribution < -0.4 is 15.2 Å². The predicted molar refractivity (Wildman–Crippen MR) is 92.8 cm³/mol. The molecule has 1 aromatic heterocycles. The zero-order chi connectivity index (χ0) is 18.5. The number of nitrogens with two attached hydrogens (primary N) is 1. The van der Waals surface area contributed by atoms with Crippen LogP contribution in [0.4, 0.5) is 5.69 Å². The van der Waals surface area contributed by atoms with Gasteiger partial charge in [0.15, 0.2) is 11.6 Å². The van der Waals surface area contributed by atoms with Gasteiger partial charge < -0.3 is 15.2 Å². The molecule has 0 saturated carbocycles. The molecule has 26 heavy (non-hydrogen) atoms. The second-order valence-electron chi connectivity index (χ2n) is 5.43. The maximum absolute atomic E-state index is 10.6. The predicted octanol–water partition coefficient (Wildman–Crippen LogP) is 2.35. The highest BCUT2D eigenvalue weighted by Gasteiger charge is 2.15. The van der Waals surface area contributed by atoms with Gasteiger partial charge in [0.1, 0.15) is 18.1 Å². The number of rotatable bonds is 7. The maximum Gasteiger partial charge on any atom is 0.269 e. The van der Waals surface area contributed by atoms with Crippen LogP contribution in [-0.2, 0) is 6.61 Å². The van der Waals surface area contributed by atoms with Crippen LogP contribution in [0.15, 0.2) is 48.5 Å². The molecule has 1 atom stereocenters. The van der Waals surface area contributed by atoms with Gasteiger partial charge in [-0.3, -0.25) is 15.2 Å². The number of nitro benzene ring substituents is 1. The molecule has 0 amide bonds. The number of methoxy groups -OCH3 is 1. The van der Waals surface area contributed by atoms with Crippen molar-refractivity contribution in [2.24, 2.45) is 5.73 Å². The first-order chi connectivity index (χ1) is 12.6. The molecule has 3 N–H and O–H groups in total. The topological polar surface area (TPSA) is 129 Å². The van der Waals surface area contributed by atoms with Crippen molar-refractivity contribution in [1.29, 1.82) is 0 Å². The summed E-state index contributed by atoms with van der Waals surface area (Å²) < 4.78 is 10.7. The molecule has 2 aromatic carbocycles. The number of aromatic amines is 1. The van der Waals surface area contributed by atoms with Crippen molar-refractivity contribution in [2.75, 3.05) is 7.11 Å². The first kappa shape index (κ1) is 17.4. The van der Waals surface area contributed by atoms with Crippen LogP contribution in [0.25, 0.3) is 0 Å². The number of hydrogen-bond donors (Lipinski definition) is 2. The van der Waals surface area contributed by atoms with Crippen molar-refractivity contribution in [3.63, 3.8) is 0 Å². The standard InChI is InChI=1S/C17H17N5O4/c1-25-13-6-2-11(3-7-13)16(18)17-19-15(20-21-17)10-26-14-8-4-12(5-9-14)22(23)24/h2-9,16H,10,18H2,1H3,(H,19,20,21)/t16-/m0/s1. The number of ether oxygens (including phenoxy) is 2. The van der Waals surface area contributed by atoms with Gasteiger partial charge in [-0.2, -0.15) is 5.10 Å². The lowest BCUT2D eigenvalue weighted by molar-refractivity contribution is -0.384. The van der Waals surface area contributed by atoms with Crippen molar-refractivity contribution in [3.8, 4) is 11.5 Å². The SMILES string of the molecule is COc1ccc([C@H](N)c2n[nH]c(COc3ccc([N+](=O)[O-])cc3)n2)cc1. The minimum absolute atomic E-state index is 0.00441. The molecule has 1 heterocycles. The Morgan fingerprint density at radius 2 is 1.81 bits per heavy atom. The molecule has 0 saturated heterocycles. The minimum atomic E-state index is -0.481. The summed E-state index contributed by atoms with van der Waals surface area (Å²) in [5, 5.41) is 17.5. The van der Waals surface area contributed by atoms with Gasteiger partial charge in [0.2, 0.25) is 0 Å². The molecular weight excluding hydrogens is 338 g/mol. The minimum Gasteiger partial charge on any atom is -0.497 e. The van der Waals surface area contributed by atoms with Crippen LogP contribution in [0.3, 0.4) is 0 Å². The lowest BCUT2D eigenvalue weighted by Crippen LogP contribution is -2.13. The van der Waals surface area contributed by atoms with Gasteiger partial charge >= 0.3 is 0 Å². The van der Waals surface area contributed by atoms with E-state index in [0.29, 0.717) is 17.4 Å². The van der Waals surface area contributed by atoms with Gasteiger partial charge in [-0.05, 0) is 29.8 Å². The number of non-ortho nitro benzene ring substituents is 1. The Bertz CT molecular complexity index is 877. The van der Waals surface area contributed by atoms with Gasteiger partial charge in [-0.15, -0.1) is 0 Å². The molecule has 0 fully saturated rings. The van der Waals surface area contributed by atoms with E-state index in [1.807, 2.05) is 24.3 Å². The normalized spacial score (nSPS) is 11.8. The van der Waals surface area contributed by atoms with Gasteiger partial charge in [-0.1, -0.05) is 12.1 Å². The van der Waals surface area contributed by atoms with Crippen LogP contribution in [0.2, 0.25) is 0 Å². The summed E-state index contributed by atoms with van der Waals surface area (Å²) in [7, 11) is 1.60. The molecule has 0 radical (unpaired) electrons. The second kappa shape index (κ2) is 7.62. The van der Waals surface area contributed by atoms with Crippen LogP contribution in [0, 0.1) is 10.1 Å². The summed E-state index contributed by atoms with van der Waals surface area (Å²) in [5.74, 6) is 2.18. The summed E-state index contributed by atoms with van der Waals surface area (Å²) in [6.07, 6.45) is 0. The third-order valence-electron chi connectivity index (χ3n) is 3.73. The van der Waals surface area contributed by atoms with E-state index in [9.17, 15) is 10.1 Å². The van der Waals surface area contributed by atoms with E-state index in [1.165, 1.54) is 24.3 Å². The molecule has 3 aromatic rings. The van der Waals surface area contributed by atoms with Gasteiger partial charge in [-0.25, -0.2) is 4.98 Å². The van der Waals surface area contributed by atoms with Crippen LogP contribution >= 0.6 is 0 Å². The van der Waals surface area contributed by atoms with E-state index in [0.717, 1.165) is 11.3 Å². The zero-order valence-electron chi connectivity index (χ0n) is 14.0. The smallest absolute Gasteiger partial charge is 0.269 e. The van der Waals surface area contributed by atoms with Gasteiger partial charge in [0.05, 0.1) is 18.1 Å². The average Bonchev–Trinajstić information content (AvgIpc) is 3.15. The molecule has 0 spiro atoms. The fraction of sp³-hybridized carbons (Fsp3) is 0.176. The molecule has 0 aliphatic heterocycles. The largest absolute Gasteiger partial charge is 0.497 e. The van der Waals surface area contributed by atoms with E-state index >= 15 is 0 Å². The van der Waals surface area contributed by atoms with Crippen LogP contribution in [0.1, 0.15) is 23.3 Å². The molecule has 0 bridgehead atoms. The summed E-state index contributed by atoms with van der Waals surface area (Å²) in [6, 6.07) is 12.7. The second-order valence-corrected chi connectivity index (χ2v) is 5.43. The monoisotopic (exact) mass is 355 g/mol. The fourth-order valence-corrected chi connectivity index (χ4v) is 2.29. The lowest BCUT2D eigenvalue weighted by Gasteiger charge is -2.08. The molecule has 0 aliphatic carbocycles. The van der Waals surface area contributed by atoms with Crippen molar-refractivity contribution in [2.45, 2.75) is 12.6 Å². The van der Waals surface area contributed by atoms with Crippen molar-refractivity contribution < 1.29 is 14.4 Å². The molecule has 3 rings (SSSR count). The number of nitro groups is 1. The van der Waals surface area contributed by atoms with Gasteiger partial charge in [0.25, 0.3) is 5.69 Å². The number of benzene rings is 2. The molecular formula is C17H17N5O4. The zero-order valence-corrected chi connectivity index (χ0v) is 14.0. The highest BCUT2D eigenvalue weighted by Crippen LogP contribution is 2.21. The Balaban J connectivity index is 1.62. The van der Waals surface area contributed by atoms with E-state index in [1.54, 1.807) is 7.11 Å². The molecule has 0 unspecified atom stereocenters. The number of hydrogen-bond acceptors (Lipinski definition) is 7. The highest BCUT2D eigenvalue weighted by atomic mass is 16.6. The molecule has 0 aliphatic rings. The first-order valence-corrected chi connectivity index (χ1v) is 7.75. The van der Waals surface area contributed by atoms with E-state index in [-0.39, 0.29) is 12.3 Å². The van der Waals surface area contributed by atoms with E-state index in [4.69, 9.17) is 15.2 Å². The first-order valence-electron chi connectivity index (χ1n) is 7.75. The Morgan fingerprint density at radius 3 is 2.42 bits per heavy atom. The summed E-state index contributed by atoms with van der Waals surface area (Å²) >= 11 is 0. The Labute approximate surface area is 148 Å². The summed E-state index contributed by atoms with van der Waals surface area (Å²) in [4.78, 5) is 14.5. The van der Waals surface area contributed by atoms with Crippen molar-refractivity contribution in [3.05, 3.63) is 75.9 Å². The third kappa shape index (κ3) is 3.95. The number of nitrogens with one attached hydrogen (secondary N) is 1. The number of nitrogens with zero attached hydrogens (tertiary/aromatic N) is 3. The molecule has 134 valence electrons. The fourth-order valence-electron chi connectivity index (χ4n) is 2.29.